The fraction of sp³-hybridized carbons (Fsp3) is 0.615. The van der Waals surface area contributed by atoms with Crippen molar-refractivity contribution in [3.8, 4) is 5.88 Å². The van der Waals surface area contributed by atoms with E-state index in [0.717, 1.165) is 19.5 Å². The van der Waals surface area contributed by atoms with Crippen LogP contribution >= 0.6 is 0 Å². The maximum absolute atomic E-state index is 5.74. The van der Waals surface area contributed by atoms with Crippen LogP contribution in [-0.2, 0) is 11.3 Å². The van der Waals surface area contributed by atoms with E-state index in [1.165, 1.54) is 12.0 Å². The van der Waals surface area contributed by atoms with E-state index in [-0.39, 0.29) is 0 Å². The first kappa shape index (κ1) is 12.3. The number of pyridine rings is 1. The zero-order valence-corrected chi connectivity index (χ0v) is 10.5. The van der Waals surface area contributed by atoms with Gasteiger partial charge in [0.2, 0.25) is 5.88 Å². The van der Waals surface area contributed by atoms with Gasteiger partial charge in [0.15, 0.2) is 0 Å². The summed E-state index contributed by atoms with van der Waals surface area (Å²) in [5.74, 6) is 0.662. The molecule has 1 aromatic heterocycles. The first-order chi connectivity index (χ1) is 8.28. The highest BCUT2D eigenvalue weighted by Gasteiger charge is 2.20. The van der Waals surface area contributed by atoms with Crippen LogP contribution in [0.4, 0.5) is 0 Å². The predicted octanol–water partition coefficient (Wildman–Crippen LogP) is 1.75. The molecule has 0 radical (unpaired) electrons. The van der Waals surface area contributed by atoms with Gasteiger partial charge in [-0.2, -0.15) is 0 Å². The molecule has 0 aromatic carbocycles. The quantitative estimate of drug-likeness (QED) is 0.846. The molecule has 1 saturated heterocycles. The van der Waals surface area contributed by atoms with Gasteiger partial charge in [-0.1, -0.05) is 0 Å². The van der Waals surface area contributed by atoms with Gasteiger partial charge in [0.05, 0.1) is 19.3 Å². The summed E-state index contributed by atoms with van der Waals surface area (Å²) in [5, 5.41) is 3.41. The molecule has 17 heavy (non-hydrogen) atoms. The average molecular weight is 236 g/mol. The summed E-state index contributed by atoms with van der Waals surface area (Å²) >= 11 is 0. The minimum atomic E-state index is 0.369. The highest BCUT2D eigenvalue weighted by Crippen LogP contribution is 2.18. The van der Waals surface area contributed by atoms with E-state index < -0.39 is 0 Å². The lowest BCUT2D eigenvalue weighted by atomic mass is 10.2. The van der Waals surface area contributed by atoms with Crippen LogP contribution < -0.4 is 10.1 Å². The fourth-order valence-electron chi connectivity index (χ4n) is 2.08. The molecule has 94 valence electrons. The Bertz CT molecular complexity index is 357. The largest absolute Gasteiger partial charge is 0.481 e. The summed E-state index contributed by atoms with van der Waals surface area (Å²) in [7, 11) is 1.63. The molecule has 0 aliphatic carbocycles. The predicted molar refractivity (Wildman–Crippen MR) is 66.1 cm³/mol. The highest BCUT2D eigenvalue weighted by atomic mass is 16.5. The molecule has 2 heterocycles. The minimum Gasteiger partial charge on any atom is -0.481 e. The van der Waals surface area contributed by atoms with Gasteiger partial charge >= 0.3 is 0 Å². The molecule has 4 heteroatoms. The molecule has 1 aromatic rings. The lowest BCUT2D eigenvalue weighted by molar-refractivity contribution is 0.0559. The smallest absolute Gasteiger partial charge is 0.213 e. The van der Waals surface area contributed by atoms with Gasteiger partial charge in [-0.25, -0.2) is 4.98 Å². The number of rotatable bonds is 5. The van der Waals surface area contributed by atoms with Crippen molar-refractivity contribution in [3.63, 3.8) is 0 Å². The van der Waals surface area contributed by atoms with Gasteiger partial charge in [0, 0.05) is 25.4 Å². The molecule has 0 saturated carbocycles. The zero-order chi connectivity index (χ0) is 12.1. The average Bonchev–Trinajstić information content (AvgIpc) is 2.75. The second-order valence-corrected chi connectivity index (χ2v) is 4.48. The van der Waals surface area contributed by atoms with Gasteiger partial charge in [-0.3, -0.25) is 0 Å². The van der Waals surface area contributed by atoms with Crippen molar-refractivity contribution >= 4 is 0 Å². The van der Waals surface area contributed by atoms with Crippen molar-refractivity contribution in [2.75, 3.05) is 13.7 Å². The van der Waals surface area contributed by atoms with Crippen molar-refractivity contribution < 1.29 is 9.47 Å². The first-order valence-electron chi connectivity index (χ1n) is 6.13. The molecule has 2 atom stereocenters. The molecule has 0 spiro atoms. The molecule has 0 amide bonds. The normalized spacial score (nSPS) is 23.9. The van der Waals surface area contributed by atoms with Crippen LogP contribution in [0, 0.1) is 0 Å². The van der Waals surface area contributed by atoms with Gasteiger partial charge in [-0.05, 0) is 31.4 Å². The Labute approximate surface area is 102 Å². The topological polar surface area (TPSA) is 43.4 Å². The SMILES string of the molecule is COc1cc(CNCC2CCC(C)O2)ccn1. The number of ether oxygens (including phenoxy) is 2. The summed E-state index contributed by atoms with van der Waals surface area (Å²) in [6, 6.07) is 3.94. The zero-order valence-electron chi connectivity index (χ0n) is 10.5. The van der Waals surface area contributed by atoms with E-state index >= 15 is 0 Å². The van der Waals surface area contributed by atoms with E-state index in [0.29, 0.717) is 18.1 Å². The monoisotopic (exact) mass is 236 g/mol. The number of hydrogen-bond acceptors (Lipinski definition) is 4. The molecule has 1 fully saturated rings. The molecule has 2 rings (SSSR count). The van der Waals surface area contributed by atoms with E-state index in [1.54, 1.807) is 13.3 Å². The molecule has 1 aliphatic rings. The third-order valence-corrected chi connectivity index (χ3v) is 3.03. The Balaban J connectivity index is 1.74. The van der Waals surface area contributed by atoms with Gasteiger partial charge < -0.3 is 14.8 Å². The van der Waals surface area contributed by atoms with Crippen LogP contribution in [-0.4, -0.2) is 30.8 Å². The standard InChI is InChI=1S/C13H20N2O2/c1-10-3-4-12(17-10)9-14-8-11-5-6-15-13(7-11)16-2/h5-7,10,12,14H,3-4,8-9H2,1-2H3. The summed E-state index contributed by atoms with van der Waals surface area (Å²) in [5.41, 5.74) is 1.18. The number of nitrogens with one attached hydrogen (secondary N) is 1. The molecule has 1 aliphatic heterocycles. The number of methoxy groups -OCH3 is 1. The van der Waals surface area contributed by atoms with Crippen LogP contribution in [0.25, 0.3) is 0 Å². The Morgan fingerprint density at radius 2 is 2.41 bits per heavy atom. The Kier molecular flexibility index (Phi) is 4.34. The van der Waals surface area contributed by atoms with E-state index in [9.17, 15) is 0 Å². The third-order valence-electron chi connectivity index (χ3n) is 3.03. The van der Waals surface area contributed by atoms with Crippen molar-refractivity contribution in [3.05, 3.63) is 23.9 Å². The second-order valence-electron chi connectivity index (χ2n) is 4.48. The first-order valence-corrected chi connectivity index (χ1v) is 6.13. The second kappa shape index (κ2) is 5.98. The van der Waals surface area contributed by atoms with E-state index in [4.69, 9.17) is 9.47 Å². The number of aromatic nitrogens is 1. The Hall–Kier alpha value is -1.13. The summed E-state index contributed by atoms with van der Waals surface area (Å²) in [6.07, 6.45) is 4.89. The van der Waals surface area contributed by atoms with Gasteiger partial charge in [0.1, 0.15) is 0 Å². The maximum Gasteiger partial charge on any atom is 0.213 e. The maximum atomic E-state index is 5.74. The molecule has 2 unspecified atom stereocenters. The van der Waals surface area contributed by atoms with Crippen molar-refractivity contribution in [2.45, 2.75) is 38.5 Å². The van der Waals surface area contributed by atoms with Crippen molar-refractivity contribution in [2.24, 2.45) is 0 Å². The van der Waals surface area contributed by atoms with E-state index in [1.807, 2.05) is 12.1 Å². The van der Waals surface area contributed by atoms with Crippen LogP contribution in [0.15, 0.2) is 18.3 Å². The summed E-state index contributed by atoms with van der Waals surface area (Å²) < 4.78 is 10.8. The Morgan fingerprint density at radius 3 is 3.12 bits per heavy atom. The fourth-order valence-corrected chi connectivity index (χ4v) is 2.08. The van der Waals surface area contributed by atoms with E-state index in [2.05, 4.69) is 17.2 Å². The van der Waals surface area contributed by atoms with Gasteiger partial charge in [-0.15, -0.1) is 0 Å². The number of nitrogens with zero attached hydrogens (tertiary/aromatic N) is 1. The van der Waals surface area contributed by atoms with Crippen molar-refractivity contribution in [1.82, 2.24) is 10.3 Å². The highest BCUT2D eigenvalue weighted by molar-refractivity contribution is 5.20. The summed E-state index contributed by atoms with van der Waals surface area (Å²) in [6.45, 7) is 3.87. The molecule has 4 nitrogen and oxygen atoms in total. The lowest BCUT2D eigenvalue weighted by Gasteiger charge is -2.12. The summed E-state index contributed by atoms with van der Waals surface area (Å²) in [4.78, 5) is 4.08. The lowest BCUT2D eigenvalue weighted by Crippen LogP contribution is -2.26. The van der Waals surface area contributed by atoms with Crippen molar-refractivity contribution in [1.29, 1.82) is 0 Å². The van der Waals surface area contributed by atoms with Crippen LogP contribution in [0.3, 0.4) is 0 Å². The Morgan fingerprint density at radius 1 is 1.53 bits per heavy atom. The van der Waals surface area contributed by atoms with Crippen LogP contribution in [0.1, 0.15) is 25.3 Å². The van der Waals surface area contributed by atoms with Gasteiger partial charge in [0.25, 0.3) is 0 Å². The molecular formula is C13H20N2O2. The molecule has 1 N–H and O–H groups in total. The van der Waals surface area contributed by atoms with Crippen LogP contribution in [0.2, 0.25) is 0 Å². The molecular weight excluding hydrogens is 216 g/mol. The minimum absolute atomic E-state index is 0.369. The molecule has 0 bridgehead atoms. The number of hydrogen-bond donors (Lipinski definition) is 1. The van der Waals surface area contributed by atoms with Crippen LogP contribution in [0.5, 0.6) is 5.88 Å². The third kappa shape index (κ3) is 3.68.